The van der Waals surface area contributed by atoms with E-state index in [0.29, 0.717) is 12.1 Å². The lowest BCUT2D eigenvalue weighted by molar-refractivity contribution is 0.0999. The van der Waals surface area contributed by atoms with E-state index in [1.54, 1.807) is 0 Å². The van der Waals surface area contributed by atoms with Gasteiger partial charge in [0, 0.05) is 17.5 Å². The molecular formula is C12H18BrNOS. The van der Waals surface area contributed by atoms with Gasteiger partial charge in [-0.1, -0.05) is 0 Å². The lowest BCUT2D eigenvalue weighted by atomic mass is 10.1. The van der Waals surface area contributed by atoms with Crippen LogP contribution in [0.1, 0.15) is 36.6 Å². The molecule has 4 heteroatoms. The normalized spacial score (nSPS) is 22.5. The van der Waals surface area contributed by atoms with E-state index in [4.69, 9.17) is 4.74 Å². The molecule has 2 atom stereocenters. The summed E-state index contributed by atoms with van der Waals surface area (Å²) in [6.45, 7) is 0.958. The zero-order chi connectivity index (χ0) is 11.4. The highest BCUT2D eigenvalue weighted by atomic mass is 79.9. The number of ether oxygens (including phenoxy) is 1. The molecule has 0 aliphatic carbocycles. The Kier molecular flexibility index (Phi) is 4.82. The van der Waals surface area contributed by atoms with Gasteiger partial charge in [0.2, 0.25) is 0 Å². The van der Waals surface area contributed by atoms with Gasteiger partial charge in [0.25, 0.3) is 0 Å². The summed E-state index contributed by atoms with van der Waals surface area (Å²) < 4.78 is 6.86. The van der Waals surface area contributed by atoms with Crippen molar-refractivity contribution >= 4 is 27.3 Å². The van der Waals surface area contributed by atoms with Crippen LogP contribution in [0.15, 0.2) is 15.9 Å². The van der Waals surface area contributed by atoms with E-state index in [0.717, 1.165) is 13.0 Å². The van der Waals surface area contributed by atoms with Crippen LogP contribution in [0.4, 0.5) is 0 Å². The molecule has 16 heavy (non-hydrogen) atoms. The molecule has 90 valence electrons. The van der Waals surface area contributed by atoms with Crippen LogP contribution in [0.3, 0.4) is 0 Å². The Morgan fingerprint density at radius 1 is 1.62 bits per heavy atom. The van der Waals surface area contributed by atoms with Crippen LogP contribution in [-0.4, -0.2) is 19.8 Å². The Labute approximate surface area is 110 Å². The highest BCUT2D eigenvalue weighted by Gasteiger charge is 2.18. The topological polar surface area (TPSA) is 21.3 Å². The maximum absolute atomic E-state index is 5.66. The summed E-state index contributed by atoms with van der Waals surface area (Å²) in [7, 11) is 2.04. The molecule has 0 saturated carbocycles. The molecule has 1 fully saturated rings. The number of rotatable bonds is 5. The predicted molar refractivity (Wildman–Crippen MR) is 72.0 cm³/mol. The van der Waals surface area contributed by atoms with Crippen LogP contribution in [0.2, 0.25) is 0 Å². The molecule has 1 N–H and O–H groups in total. The predicted octanol–water partition coefficient (Wildman–Crippen LogP) is 3.73. The third kappa shape index (κ3) is 3.29. The smallest absolute Gasteiger partial charge is 0.0701 e. The van der Waals surface area contributed by atoms with Crippen molar-refractivity contribution in [3.05, 3.63) is 20.8 Å². The van der Waals surface area contributed by atoms with Gasteiger partial charge in [-0.05, 0) is 60.8 Å². The van der Waals surface area contributed by atoms with Crippen LogP contribution in [0.25, 0.3) is 0 Å². The standard InChI is InChI=1S/C12H18BrNOS/c1-14-10(11-6-7-12(13)16-11)5-4-9-3-2-8-15-9/h6-7,9-10,14H,2-5,8H2,1H3. The second kappa shape index (κ2) is 6.15. The third-order valence-corrected chi connectivity index (χ3v) is 4.82. The minimum absolute atomic E-state index is 0.473. The van der Waals surface area contributed by atoms with E-state index in [2.05, 4.69) is 33.4 Å². The van der Waals surface area contributed by atoms with Crippen LogP contribution < -0.4 is 5.32 Å². The van der Waals surface area contributed by atoms with Gasteiger partial charge in [0.15, 0.2) is 0 Å². The Morgan fingerprint density at radius 2 is 2.50 bits per heavy atom. The maximum Gasteiger partial charge on any atom is 0.0701 e. The number of nitrogens with one attached hydrogen (secondary N) is 1. The zero-order valence-corrected chi connectivity index (χ0v) is 11.9. The van der Waals surface area contributed by atoms with E-state index in [1.165, 1.54) is 27.9 Å². The highest BCUT2D eigenvalue weighted by molar-refractivity contribution is 9.11. The van der Waals surface area contributed by atoms with Crippen LogP contribution in [0, 0.1) is 0 Å². The molecular weight excluding hydrogens is 286 g/mol. The Bertz CT molecular complexity index is 323. The summed E-state index contributed by atoms with van der Waals surface area (Å²) in [6.07, 6.45) is 5.30. The van der Waals surface area contributed by atoms with Gasteiger partial charge in [-0.2, -0.15) is 0 Å². The molecule has 0 aromatic carbocycles. The summed E-state index contributed by atoms with van der Waals surface area (Å²) in [4.78, 5) is 1.41. The fraction of sp³-hybridized carbons (Fsp3) is 0.667. The minimum atomic E-state index is 0.473. The van der Waals surface area contributed by atoms with E-state index >= 15 is 0 Å². The third-order valence-electron chi connectivity index (χ3n) is 3.09. The lowest BCUT2D eigenvalue weighted by Gasteiger charge is -2.16. The van der Waals surface area contributed by atoms with Gasteiger partial charge in [0.1, 0.15) is 0 Å². The average molecular weight is 304 g/mol. The molecule has 0 radical (unpaired) electrons. The number of hydrogen-bond donors (Lipinski definition) is 1. The molecule has 2 nitrogen and oxygen atoms in total. The number of hydrogen-bond acceptors (Lipinski definition) is 3. The van der Waals surface area contributed by atoms with Gasteiger partial charge in [0.05, 0.1) is 9.89 Å². The highest BCUT2D eigenvalue weighted by Crippen LogP contribution is 2.30. The second-order valence-corrected chi connectivity index (χ2v) is 6.69. The molecule has 2 unspecified atom stereocenters. The van der Waals surface area contributed by atoms with E-state index in [9.17, 15) is 0 Å². The van der Waals surface area contributed by atoms with Crippen molar-refractivity contribution in [2.24, 2.45) is 0 Å². The summed E-state index contributed by atoms with van der Waals surface area (Å²) in [5.41, 5.74) is 0. The monoisotopic (exact) mass is 303 g/mol. The van der Waals surface area contributed by atoms with Crippen molar-refractivity contribution in [2.45, 2.75) is 37.8 Å². The number of thiophene rings is 1. The maximum atomic E-state index is 5.66. The van der Waals surface area contributed by atoms with E-state index in [1.807, 2.05) is 18.4 Å². The van der Waals surface area contributed by atoms with Crippen molar-refractivity contribution < 1.29 is 4.74 Å². The molecule has 1 aliphatic rings. The molecule has 1 aromatic rings. The Balaban J connectivity index is 1.85. The Morgan fingerprint density at radius 3 is 3.06 bits per heavy atom. The molecule has 1 aromatic heterocycles. The second-order valence-electron chi connectivity index (χ2n) is 4.20. The van der Waals surface area contributed by atoms with Crippen LogP contribution >= 0.6 is 27.3 Å². The first-order valence-corrected chi connectivity index (χ1v) is 7.44. The summed E-state index contributed by atoms with van der Waals surface area (Å²) in [6, 6.07) is 4.79. The molecule has 0 spiro atoms. The van der Waals surface area contributed by atoms with Crippen LogP contribution in [-0.2, 0) is 4.74 Å². The lowest BCUT2D eigenvalue weighted by Crippen LogP contribution is -2.17. The minimum Gasteiger partial charge on any atom is -0.378 e. The first-order valence-electron chi connectivity index (χ1n) is 5.83. The average Bonchev–Trinajstić information content (AvgIpc) is 2.91. The fourth-order valence-corrected chi connectivity index (χ4v) is 3.74. The van der Waals surface area contributed by atoms with Crippen molar-refractivity contribution in [1.82, 2.24) is 5.32 Å². The fourth-order valence-electron chi connectivity index (χ4n) is 2.17. The largest absolute Gasteiger partial charge is 0.378 e. The first-order chi connectivity index (χ1) is 7.79. The van der Waals surface area contributed by atoms with Gasteiger partial charge in [-0.15, -0.1) is 11.3 Å². The van der Waals surface area contributed by atoms with Gasteiger partial charge >= 0.3 is 0 Å². The van der Waals surface area contributed by atoms with Gasteiger partial charge in [-0.25, -0.2) is 0 Å². The van der Waals surface area contributed by atoms with Crippen molar-refractivity contribution in [1.29, 1.82) is 0 Å². The quantitative estimate of drug-likeness (QED) is 0.895. The summed E-state index contributed by atoms with van der Waals surface area (Å²) >= 11 is 5.33. The molecule has 2 rings (SSSR count). The zero-order valence-electron chi connectivity index (χ0n) is 9.54. The Hall–Kier alpha value is 0.1000. The molecule has 2 heterocycles. The molecule has 1 saturated heterocycles. The van der Waals surface area contributed by atoms with Gasteiger partial charge in [-0.3, -0.25) is 0 Å². The molecule has 1 aliphatic heterocycles. The molecule has 0 amide bonds. The SMILES string of the molecule is CNC(CCC1CCCO1)c1ccc(Br)s1. The van der Waals surface area contributed by atoms with Gasteiger partial charge < -0.3 is 10.1 Å². The van der Waals surface area contributed by atoms with E-state index < -0.39 is 0 Å². The van der Waals surface area contributed by atoms with Crippen molar-refractivity contribution in [2.75, 3.05) is 13.7 Å². The molecule has 0 bridgehead atoms. The van der Waals surface area contributed by atoms with Crippen molar-refractivity contribution in [3.63, 3.8) is 0 Å². The van der Waals surface area contributed by atoms with E-state index in [-0.39, 0.29) is 0 Å². The van der Waals surface area contributed by atoms with Crippen molar-refractivity contribution in [3.8, 4) is 0 Å². The van der Waals surface area contributed by atoms with Crippen LogP contribution in [0.5, 0.6) is 0 Å². The summed E-state index contributed by atoms with van der Waals surface area (Å²) in [5, 5.41) is 3.39. The first kappa shape index (κ1) is 12.6. The number of halogens is 1. The summed E-state index contributed by atoms with van der Waals surface area (Å²) in [5.74, 6) is 0.